The van der Waals surface area contributed by atoms with Gasteiger partial charge in [-0.2, -0.15) is 0 Å². The molecule has 0 saturated heterocycles. The van der Waals surface area contributed by atoms with Crippen molar-refractivity contribution in [1.82, 2.24) is 4.90 Å². The third-order valence-corrected chi connectivity index (χ3v) is 3.75. The van der Waals surface area contributed by atoms with Gasteiger partial charge in [-0.25, -0.2) is 4.79 Å². The molecule has 110 valence electrons. The van der Waals surface area contributed by atoms with Crippen LogP contribution in [0.4, 0.5) is 0 Å². The third-order valence-electron chi connectivity index (χ3n) is 2.86. The average Bonchev–Trinajstić information content (AvgIpc) is 2.94. The summed E-state index contributed by atoms with van der Waals surface area (Å²) < 4.78 is 5.30. The fraction of sp³-hybridized carbons (Fsp3) is 0.200. The summed E-state index contributed by atoms with van der Waals surface area (Å²) in [7, 11) is 1.68. The Morgan fingerprint density at radius 2 is 1.95 bits per heavy atom. The van der Waals surface area contributed by atoms with Gasteiger partial charge in [0.05, 0.1) is 0 Å². The van der Waals surface area contributed by atoms with E-state index in [0.717, 1.165) is 16.9 Å². The highest BCUT2D eigenvalue weighted by atomic mass is 32.1. The molecule has 5 nitrogen and oxygen atoms in total. The number of ether oxygens (including phenoxy) is 1. The van der Waals surface area contributed by atoms with E-state index in [-0.39, 0.29) is 23.1 Å². The van der Waals surface area contributed by atoms with Crippen LogP contribution in [-0.4, -0.2) is 35.5 Å². The number of carboxylic acid groups (broad SMARTS) is 1. The maximum absolute atomic E-state index is 12.0. The van der Waals surface area contributed by atoms with Crippen LogP contribution in [0.2, 0.25) is 0 Å². The second-order valence-electron chi connectivity index (χ2n) is 4.44. The van der Waals surface area contributed by atoms with E-state index in [2.05, 4.69) is 0 Å². The van der Waals surface area contributed by atoms with E-state index in [1.54, 1.807) is 23.4 Å². The Hall–Kier alpha value is -2.34. The lowest BCUT2D eigenvalue weighted by molar-refractivity contribution is -0.132. The van der Waals surface area contributed by atoms with Crippen molar-refractivity contribution in [2.75, 3.05) is 13.7 Å². The molecule has 0 aliphatic rings. The summed E-state index contributed by atoms with van der Waals surface area (Å²) >= 11 is 1.07. The number of likely N-dealkylation sites (N-methyl/N-ethyl adjacent to an activating group) is 1. The molecule has 2 aromatic rings. The van der Waals surface area contributed by atoms with Crippen molar-refractivity contribution in [2.24, 2.45) is 0 Å². The number of hydrogen-bond donors (Lipinski definition) is 1. The number of hydrogen-bond acceptors (Lipinski definition) is 4. The van der Waals surface area contributed by atoms with E-state index in [1.807, 2.05) is 30.3 Å². The van der Waals surface area contributed by atoms with Gasteiger partial charge in [0, 0.05) is 13.6 Å². The Kier molecular flexibility index (Phi) is 4.94. The van der Waals surface area contributed by atoms with E-state index >= 15 is 0 Å². The van der Waals surface area contributed by atoms with Crippen LogP contribution in [0.3, 0.4) is 0 Å². The summed E-state index contributed by atoms with van der Waals surface area (Å²) in [4.78, 5) is 24.6. The predicted octanol–water partition coefficient (Wildman–Crippen LogP) is 2.48. The van der Waals surface area contributed by atoms with E-state index < -0.39 is 5.97 Å². The topological polar surface area (TPSA) is 66.8 Å². The third kappa shape index (κ3) is 4.06. The number of carbonyl (C=O) groups excluding carboxylic acids is 1. The van der Waals surface area contributed by atoms with Crippen LogP contribution in [0.25, 0.3) is 0 Å². The molecule has 0 bridgehead atoms. The molecule has 0 aliphatic heterocycles. The van der Waals surface area contributed by atoms with Gasteiger partial charge in [0.25, 0.3) is 5.91 Å². The molecule has 0 unspecified atom stereocenters. The van der Waals surface area contributed by atoms with Crippen molar-refractivity contribution in [2.45, 2.75) is 6.54 Å². The van der Waals surface area contributed by atoms with Gasteiger partial charge >= 0.3 is 5.97 Å². The molecule has 0 atom stereocenters. The fourth-order valence-corrected chi connectivity index (χ4v) is 2.43. The smallest absolute Gasteiger partial charge is 0.349 e. The standard InChI is InChI=1S/C15H15NO4S/c1-16(9-11-5-3-2-4-6-11)13(17)10-20-12-7-8-21-14(12)15(18)19/h2-8H,9-10H2,1H3,(H,18,19). The molecule has 0 aliphatic carbocycles. The first kappa shape index (κ1) is 15.1. The lowest BCUT2D eigenvalue weighted by Crippen LogP contribution is -2.31. The van der Waals surface area contributed by atoms with Crippen molar-refractivity contribution in [3.8, 4) is 5.75 Å². The molecule has 0 radical (unpaired) electrons. The first-order chi connectivity index (χ1) is 10.1. The number of carboxylic acids is 1. The van der Waals surface area contributed by atoms with Gasteiger partial charge < -0.3 is 14.7 Å². The molecule has 0 saturated carbocycles. The molecule has 1 amide bonds. The summed E-state index contributed by atoms with van der Waals surface area (Å²) in [5.74, 6) is -1.03. The van der Waals surface area contributed by atoms with Crippen LogP contribution in [0.5, 0.6) is 5.75 Å². The molecular formula is C15H15NO4S. The second kappa shape index (κ2) is 6.90. The number of benzene rings is 1. The number of nitrogens with zero attached hydrogens (tertiary/aromatic N) is 1. The van der Waals surface area contributed by atoms with Crippen molar-refractivity contribution in [3.63, 3.8) is 0 Å². The van der Waals surface area contributed by atoms with Crippen LogP contribution in [0.1, 0.15) is 15.2 Å². The van der Waals surface area contributed by atoms with Crippen molar-refractivity contribution < 1.29 is 19.4 Å². The molecule has 1 aromatic heterocycles. The highest BCUT2D eigenvalue weighted by molar-refractivity contribution is 7.12. The molecule has 2 rings (SSSR count). The molecule has 21 heavy (non-hydrogen) atoms. The lowest BCUT2D eigenvalue weighted by atomic mass is 10.2. The van der Waals surface area contributed by atoms with Gasteiger partial charge in [-0.3, -0.25) is 4.79 Å². The van der Waals surface area contributed by atoms with Crippen LogP contribution < -0.4 is 4.74 Å². The normalized spacial score (nSPS) is 10.1. The van der Waals surface area contributed by atoms with Crippen LogP contribution in [0, 0.1) is 0 Å². The Bertz CT molecular complexity index is 624. The van der Waals surface area contributed by atoms with Gasteiger partial charge in [0.15, 0.2) is 11.5 Å². The lowest BCUT2D eigenvalue weighted by Gasteiger charge is -2.17. The second-order valence-corrected chi connectivity index (χ2v) is 5.36. The predicted molar refractivity (Wildman–Crippen MR) is 79.7 cm³/mol. The van der Waals surface area contributed by atoms with E-state index in [9.17, 15) is 9.59 Å². The van der Waals surface area contributed by atoms with Crippen LogP contribution in [0.15, 0.2) is 41.8 Å². The van der Waals surface area contributed by atoms with Crippen LogP contribution in [-0.2, 0) is 11.3 Å². The summed E-state index contributed by atoms with van der Waals surface area (Å²) in [5, 5.41) is 10.6. The zero-order valence-electron chi connectivity index (χ0n) is 11.5. The zero-order chi connectivity index (χ0) is 15.2. The Morgan fingerprint density at radius 3 is 2.62 bits per heavy atom. The maximum atomic E-state index is 12.0. The van der Waals surface area contributed by atoms with E-state index in [4.69, 9.17) is 9.84 Å². The van der Waals surface area contributed by atoms with Gasteiger partial charge in [-0.1, -0.05) is 30.3 Å². The van der Waals surface area contributed by atoms with Crippen molar-refractivity contribution in [3.05, 3.63) is 52.2 Å². The monoisotopic (exact) mass is 305 g/mol. The van der Waals surface area contributed by atoms with Gasteiger partial charge in [0.1, 0.15) is 5.75 Å². The zero-order valence-corrected chi connectivity index (χ0v) is 12.3. The molecule has 6 heteroatoms. The highest BCUT2D eigenvalue weighted by Gasteiger charge is 2.15. The maximum Gasteiger partial charge on any atom is 0.349 e. The minimum Gasteiger partial charge on any atom is -0.482 e. The van der Waals surface area contributed by atoms with Crippen molar-refractivity contribution in [1.29, 1.82) is 0 Å². The van der Waals surface area contributed by atoms with E-state index in [1.165, 1.54) is 0 Å². The molecule has 1 aromatic carbocycles. The molecular weight excluding hydrogens is 290 g/mol. The number of carbonyl (C=O) groups is 2. The minimum absolute atomic E-state index is 0.105. The highest BCUT2D eigenvalue weighted by Crippen LogP contribution is 2.24. The summed E-state index contributed by atoms with van der Waals surface area (Å²) in [6.07, 6.45) is 0. The van der Waals surface area contributed by atoms with Gasteiger partial charge in [-0.05, 0) is 17.0 Å². The average molecular weight is 305 g/mol. The summed E-state index contributed by atoms with van der Waals surface area (Å²) in [6.45, 7) is 0.304. The quantitative estimate of drug-likeness (QED) is 0.890. The van der Waals surface area contributed by atoms with Gasteiger partial charge in [0.2, 0.25) is 0 Å². The largest absolute Gasteiger partial charge is 0.482 e. The van der Waals surface area contributed by atoms with E-state index in [0.29, 0.717) is 6.54 Å². The van der Waals surface area contributed by atoms with Crippen molar-refractivity contribution >= 4 is 23.2 Å². The Morgan fingerprint density at radius 1 is 1.24 bits per heavy atom. The first-order valence-corrected chi connectivity index (χ1v) is 7.17. The number of thiophene rings is 1. The molecule has 0 fully saturated rings. The SMILES string of the molecule is CN(Cc1ccccc1)C(=O)COc1ccsc1C(=O)O. The van der Waals surface area contributed by atoms with Crippen LogP contribution >= 0.6 is 11.3 Å². The first-order valence-electron chi connectivity index (χ1n) is 6.29. The Labute approximate surface area is 126 Å². The number of rotatable bonds is 6. The molecule has 1 heterocycles. The molecule has 0 spiro atoms. The summed E-state index contributed by atoms with van der Waals surface area (Å²) in [6, 6.07) is 11.2. The fourth-order valence-electron chi connectivity index (χ4n) is 1.76. The number of aromatic carboxylic acids is 1. The minimum atomic E-state index is -1.05. The number of amides is 1. The molecule has 1 N–H and O–H groups in total. The van der Waals surface area contributed by atoms with Gasteiger partial charge in [-0.15, -0.1) is 11.3 Å². The Balaban J connectivity index is 1.89. The summed E-state index contributed by atoms with van der Waals surface area (Å²) in [5.41, 5.74) is 1.02.